The van der Waals surface area contributed by atoms with Crippen LogP contribution in [0.1, 0.15) is 18.9 Å². The van der Waals surface area contributed by atoms with Crippen LogP contribution in [-0.2, 0) is 21.4 Å². The van der Waals surface area contributed by atoms with Gasteiger partial charge in [0.2, 0.25) is 0 Å². The summed E-state index contributed by atoms with van der Waals surface area (Å²) in [7, 11) is -4.18. The minimum absolute atomic E-state index is 0.0734. The molecule has 0 saturated carbocycles. The van der Waals surface area contributed by atoms with Gasteiger partial charge in [-0.05, 0) is 25.5 Å². The monoisotopic (exact) mass is 375 g/mol. The molecule has 2 aliphatic heterocycles. The zero-order chi connectivity index (χ0) is 17.5. The first-order chi connectivity index (χ1) is 11.3. The number of fused-ring (bicyclic) bond motifs is 1. The van der Waals surface area contributed by atoms with E-state index < -0.39 is 39.9 Å². The van der Waals surface area contributed by atoms with Crippen LogP contribution in [0.4, 0.5) is 10.1 Å². The number of halogens is 1. The van der Waals surface area contributed by atoms with Crippen LogP contribution < -0.4 is 14.3 Å². The lowest BCUT2D eigenvalue weighted by molar-refractivity contribution is -0.117. The Balaban J connectivity index is 2.00. The van der Waals surface area contributed by atoms with Crippen LogP contribution in [0, 0.1) is 5.82 Å². The van der Waals surface area contributed by atoms with Crippen molar-refractivity contribution in [3.05, 3.63) is 17.4 Å². The zero-order valence-electron chi connectivity index (χ0n) is 13.0. The minimum Gasteiger partial charge on any atom is -0.506 e. The number of rotatable bonds is 4. The molecule has 2 aliphatic rings. The second-order valence-electron chi connectivity index (χ2n) is 5.74. The number of anilines is 1. The van der Waals surface area contributed by atoms with Crippen molar-refractivity contribution in [2.24, 2.45) is 0 Å². The Morgan fingerprint density at radius 2 is 2.29 bits per heavy atom. The van der Waals surface area contributed by atoms with Crippen molar-refractivity contribution in [1.29, 1.82) is 0 Å². The number of nitrogens with zero attached hydrogens (tertiary/aromatic N) is 1. The van der Waals surface area contributed by atoms with Gasteiger partial charge >= 0.3 is 10.2 Å². The van der Waals surface area contributed by atoms with Gasteiger partial charge in [0.1, 0.15) is 18.0 Å². The Kier molecular flexibility index (Phi) is 4.63. The van der Waals surface area contributed by atoms with Gasteiger partial charge in [0.15, 0.2) is 5.82 Å². The van der Waals surface area contributed by atoms with Gasteiger partial charge in [0.05, 0.1) is 0 Å². The van der Waals surface area contributed by atoms with E-state index in [1.807, 2.05) is 6.92 Å². The average molecular weight is 375 g/mol. The minimum atomic E-state index is -4.18. The fourth-order valence-corrected chi connectivity index (χ4v) is 5.14. The van der Waals surface area contributed by atoms with Crippen molar-refractivity contribution >= 4 is 33.6 Å². The number of thioether (sulfide) groups is 1. The number of carbonyl (C=O) groups excluding carboxylic acids is 1. The summed E-state index contributed by atoms with van der Waals surface area (Å²) >= 11 is 1.41. The molecule has 7 nitrogen and oxygen atoms in total. The number of phenolic OH excluding ortho intramolecular Hbond substituents is 1. The summed E-state index contributed by atoms with van der Waals surface area (Å²) in [5.41, 5.74) is -0.106. The molecule has 0 aromatic heterocycles. The highest BCUT2D eigenvalue weighted by molar-refractivity contribution is 7.99. The molecule has 3 N–H and O–H groups in total. The van der Waals surface area contributed by atoms with Crippen molar-refractivity contribution in [2.45, 2.75) is 30.7 Å². The number of nitrogens with one attached hydrogen (secondary N) is 2. The van der Waals surface area contributed by atoms with Crippen LogP contribution in [0.3, 0.4) is 0 Å². The highest BCUT2D eigenvalue weighted by Crippen LogP contribution is 2.42. The number of amides is 1. The van der Waals surface area contributed by atoms with Gasteiger partial charge in [-0.25, -0.2) is 13.4 Å². The van der Waals surface area contributed by atoms with Gasteiger partial charge in [0, 0.05) is 22.3 Å². The van der Waals surface area contributed by atoms with Crippen LogP contribution in [0.15, 0.2) is 11.0 Å². The predicted octanol–water partition coefficient (Wildman–Crippen LogP) is 0.729. The van der Waals surface area contributed by atoms with Gasteiger partial charge < -0.3 is 10.4 Å². The molecule has 2 heterocycles. The third kappa shape index (κ3) is 3.05. The average Bonchev–Trinajstić information content (AvgIpc) is 2.78. The van der Waals surface area contributed by atoms with E-state index >= 15 is 0 Å². The number of aromatic hydroxyl groups is 1. The molecule has 0 aliphatic carbocycles. The van der Waals surface area contributed by atoms with Gasteiger partial charge in [0.25, 0.3) is 5.91 Å². The molecule has 3 rings (SSSR count). The molecule has 24 heavy (non-hydrogen) atoms. The summed E-state index contributed by atoms with van der Waals surface area (Å²) < 4.78 is 41.2. The number of hydrogen-bond donors (Lipinski definition) is 3. The number of benzene rings is 1. The van der Waals surface area contributed by atoms with Crippen LogP contribution in [0.25, 0.3) is 0 Å². The molecule has 132 valence electrons. The molecule has 1 aromatic rings. The highest BCUT2D eigenvalue weighted by atomic mass is 32.2. The molecule has 1 aromatic carbocycles. The Morgan fingerprint density at radius 1 is 1.54 bits per heavy atom. The van der Waals surface area contributed by atoms with Crippen LogP contribution in [-0.4, -0.2) is 44.3 Å². The maximum atomic E-state index is 15.0. The Labute approximate surface area is 143 Å². The first-order valence-corrected chi connectivity index (χ1v) is 10.00. The van der Waals surface area contributed by atoms with Crippen molar-refractivity contribution in [2.75, 3.05) is 23.1 Å². The zero-order valence-corrected chi connectivity index (χ0v) is 14.6. The molecule has 0 spiro atoms. The van der Waals surface area contributed by atoms with Gasteiger partial charge in [-0.2, -0.15) is 8.42 Å². The molecule has 0 unspecified atom stereocenters. The molecule has 1 saturated heterocycles. The quantitative estimate of drug-likeness (QED) is 0.718. The second kappa shape index (κ2) is 6.41. The molecule has 0 bridgehead atoms. The number of hydrogen-bond acceptors (Lipinski definition) is 6. The summed E-state index contributed by atoms with van der Waals surface area (Å²) in [6.07, 6.45) is 1.36. The van der Waals surface area contributed by atoms with Crippen molar-refractivity contribution in [3.8, 4) is 5.75 Å². The Morgan fingerprint density at radius 3 is 2.92 bits per heavy atom. The van der Waals surface area contributed by atoms with Gasteiger partial charge in [-0.1, -0.05) is 6.92 Å². The Hall–Kier alpha value is -1.52. The molecule has 1 amide bonds. The topological polar surface area (TPSA) is 98.7 Å². The SMILES string of the molecule is CCCN[C@@H]1CSc2cc(O)c(N3CC(=O)NS3(=O)=O)c(F)c2C1. The third-order valence-corrected chi connectivity index (χ3v) is 6.55. The Bertz CT molecular complexity index is 785. The summed E-state index contributed by atoms with van der Waals surface area (Å²) in [6, 6.07) is 1.44. The lowest BCUT2D eigenvalue weighted by Crippen LogP contribution is -2.37. The van der Waals surface area contributed by atoms with Gasteiger partial charge in [-0.3, -0.25) is 4.79 Å². The van der Waals surface area contributed by atoms with Crippen molar-refractivity contribution in [3.63, 3.8) is 0 Å². The van der Waals surface area contributed by atoms with Gasteiger partial charge in [-0.15, -0.1) is 11.8 Å². The van der Waals surface area contributed by atoms with E-state index in [2.05, 4.69) is 5.32 Å². The number of carbonyl (C=O) groups is 1. The van der Waals surface area contributed by atoms with E-state index in [1.165, 1.54) is 17.8 Å². The van der Waals surface area contributed by atoms with Crippen LogP contribution in [0.5, 0.6) is 5.75 Å². The summed E-state index contributed by atoms with van der Waals surface area (Å²) in [5.74, 6) is -1.30. The third-order valence-electron chi connectivity index (χ3n) is 3.92. The summed E-state index contributed by atoms with van der Waals surface area (Å²) in [6.45, 7) is 2.30. The van der Waals surface area contributed by atoms with E-state index in [0.717, 1.165) is 18.7 Å². The molecule has 1 atom stereocenters. The summed E-state index contributed by atoms with van der Waals surface area (Å²) in [4.78, 5) is 12.0. The maximum Gasteiger partial charge on any atom is 0.326 e. The molecule has 1 fully saturated rings. The molecule has 10 heteroatoms. The highest BCUT2D eigenvalue weighted by Gasteiger charge is 2.39. The normalized spacial score (nSPS) is 22.3. The molecule has 0 radical (unpaired) electrons. The van der Waals surface area contributed by atoms with Crippen LogP contribution >= 0.6 is 11.8 Å². The number of phenols is 1. The van der Waals surface area contributed by atoms with E-state index in [1.54, 1.807) is 4.72 Å². The first-order valence-electron chi connectivity index (χ1n) is 7.57. The lowest BCUT2D eigenvalue weighted by Gasteiger charge is -2.27. The maximum absolute atomic E-state index is 15.0. The van der Waals surface area contributed by atoms with E-state index in [9.17, 15) is 22.7 Å². The van der Waals surface area contributed by atoms with E-state index in [4.69, 9.17) is 0 Å². The lowest BCUT2D eigenvalue weighted by atomic mass is 10.0. The largest absolute Gasteiger partial charge is 0.506 e. The fourth-order valence-electron chi connectivity index (χ4n) is 2.82. The molecular formula is C14H18FN3O4S2. The predicted molar refractivity (Wildman–Crippen MR) is 89.0 cm³/mol. The van der Waals surface area contributed by atoms with E-state index in [0.29, 0.717) is 21.2 Å². The smallest absolute Gasteiger partial charge is 0.326 e. The standard InChI is InChI=1S/C14H18FN3O4S2/c1-2-3-16-8-4-9-11(23-7-8)5-10(19)14(13(9)15)18-6-12(20)17-24(18,21)22/h5,8,16,19H,2-4,6-7H2,1H3,(H,17,20)/t8-/m0/s1. The van der Waals surface area contributed by atoms with Crippen molar-refractivity contribution in [1.82, 2.24) is 10.0 Å². The van der Waals surface area contributed by atoms with Crippen molar-refractivity contribution < 1.29 is 22.7 Å². The summed E-state index contributed by atoms with van der Waals surface area (Å²) in [5, 5.41) is 13.4. The second-order valence-corrected chi connectivity index (χ2v) is 8.39. The van der Waals surface area contributed by atoms with Crippen LogP contribution in [0.2, 0.25) is 0 Å². The first kappa shape index (κ1) is 17.3. The van der Waals surface area contributed by atoms with E-state index in [-0.39, 0.29) is 6.04 Å². The molecular weight excluding hydrogens is 357 g/mol. The fraction of sp³-hybridized carbons (Fsp3) is 0.500.